The molecule has 2 N–H and O–H groups in total. The van der Waals surface area contributed by atoms with Crippen molar-refractivity contribution < 1.29 is 0 Å². The van der Waals surface area contributed by atoms with E-state index in [9.17, 15) is 0 Å². The molecule has 1 saturated carbocycles. The molecule has 0 aliphatic heterocycles. The average Bonchev–Trinajstić information content (AvgIpc) is 3.14. The average molecular weight is 255 g/mol. The third-order valence-electron chi connectivity index (χ3n) is 3.83. The Balaban J connectivity index is 2.17. The van der Waals surface area contributed by atoms with Crippen molar-refractivity contribution >= 4 is 5.82 Å². The maximum Gasteiger partial charge on any atom is 0.131 e. The monoisotopic (exact) mass is 255 g/mol. The minimum Gasteiger partial charge on any atom is -0.383 e. The first-order valence-electron chi connectivity index (χ1n) is 7.03. The maximum atomic E-state index is 6.37. The zero-order valence-electron chi connectivity index (χ0n) is 11.9. The van der Waals surface area contributed by atoms with E-state index in [4.69, 9.17) is 10.7 Å². The van der Waals surface area contributed by atoms with Gasteiger partial charge in [-0.15, -0.1) is 0 Å². The fourth-order valence-electron chi connectivity index (χ4n) is 2.67. The van der Waals surface area contributed by atoms with Gasteiger partial charge in [0.15, 0.2) is 0 Å². The van der Waals surface area contributed by atoms with Crippen molar-refractivity contribution in [2.75, 3.05) is 5.73 Å². The number of rotatable bonds is 3. The van der Waals surface area contributed by atoms with Gasteiger partial charge in [-0.2, -0.15) is 0 Å². The van der Waals surface area contributed by atoms with Gasteiger partial charge in [0.2, 0.25) is 0 Å². The molecule has 19 heavy (non-hydrogen) atoms. The molecule has 0 saturated heterocycles. The first kappa shape index (κ1) is 12.3. The molecule has 0 unspecified atom stereocenters. The minimum atomic E-state index is 0.362. The summed E-state index contributed by atoms with van der Waals surface area (Å²) in [5, 5.41) is 0. The van der Waals surface area contributed by atoms with Gasteiger partial charge in [0.25, 0.3) is 0 Å². The summed E-state index contributed by atoms with van der Waals surface area (Å²) in [6, 6.07) is 8.68. The van der Waals surface area contributed by atoms with Crippen molar-refractivity contribution in [3.63, 3.8) is 0 Å². The Bertz CT molecular complexity index is 606. The Kier molecular flexibility index (Phi) is 2.85. The lowest BCUT2D eigenvalue weighted by Crippen LogP contribution is -2.08. The number of nitrogen functional groups attached to an aromatic ring is 1. The standard InChI is InChI=1S/C16H21N3/c1-10(2)19-15(17)14(18-16(19)12-8-9-12)13-7-5-4-6-11(13)3/h4-7,10,12H,8-9,17H2,1-3H3. The Hall–Kier alpha value is -1.77. The van der Waals surface area contributed by atoms with E-state index in [0.29, 0.717) is 12.0 Å². The third-order valence-corrected chi connectivity index (χ3v) is 3.83. The van der Waals surface area contributed by atoms with Crippen molar-refractivity contribution in [2.45, 2.75) is 45.6 Å². The Morgan fingerprint density at radius 1 is 1.26 bits per heavy atom. The van der Waals surface area contributed by atoms with Crippen molar-refractivity contribution in [2.24, 2.45) is 0 Å². The van der Waals surface area contributed by atoms with Crippen molar-refractivity contribution in [3.8, 4) is 11.3 Å². The van der Waals surface area contributed by atoms with Gasteiger partial charge in [-0.1, -0.05) is 24.3 Å². The Labute approximate surface area is 114 Å². The Morgan fingerprint density at radius 3 is 2.53 bits per heavy atom. The van der Waals surface area contributed by atoms with Gasteiger partial charge in [0, 0.05) is 17.5 Å². The molecule has 1 aromatic carbocycles. The number of aryl methyl sites for hydroxylation is 1. The summed E-state index contributed by atoms with van der Waals surface area (Å²) in [6.45, 7) is 6.46. The molecule has 1 aliphatic rings. The zero-order valence-corrected chi connectivity index (χ0v) is 11.9. The van der Waals surface area contributed by atoms with E-state index < -0.39 is 0 Å². The third kappa shape index (κ3) is 2.03. The largest absolute Gasteiger partial charge is 0.383 e. The van der Waals surface area contributed by atoms with Crippen LogP contribution in [0.2, 0.25) is 0 Å². The van der Waals surface area contributed by atoms with Crippen LogP contribution < -0.4 is 5.73 Å². The van der Waals surface area contributed by atoms with Crippen LogP contribution in [0.4, 0.5) is 5.82 Å². The van der Waals surface area contributed by atoms with Crippen LogP contribution >= 0.6 is 0 Å². The molecule has 1 aromatic heterocycles. The van der Waals surface area contributed by atoms with Gasteiger partial charge in [0.1, 0.15) is 17.3 Å². The number of nitrogens with two attached hydrogens (primary N) is 1. The van der Waals surface area contributed by atoms with E-state index in [-0.39, 0.29) is 0 Å². The molecule has 0 bridgehead atoms. The van der Waals surface area contributed by atoms with Crippen LogP contribution in [0.3, 0.4) is 0 Å². The van der Waals surface area contributed by atoms with E-state index in [2.05, 4.69) is 43.5 Å². The van der Waals surface area contributed by atoms with Gasteiger partial charge in [-0.3, -0.25) is 0 Å². The lowest BCUT2D eigenvalue weighted by Gasteiger charge is -2.13. The molecule has 0 amide bonds. The number of benzene rings is 1. The van der Waals surface area contributed by atoms with E-state index >= 15 is 0 Å². The number of aromatic nitrogens is 2. The molecule has 1 heterocycles. The highest BCUT2D eigenvalue weighted by molar-refractivity contribution is 5.74. The van der Waals surface area contributed by atoms with E-state index in [1.165, 1.54) is 24.2 Å². The number of anilines is 1. The predicted octanol–water partition coefficient (Wildman–Crippen LogP) is 3.90. The highest BCUT2D eigenvalue weighted by Gasteiger charge is 2.31. The summed E-state index contributed by atoms with van der Waals surface area (Å²) in [5.74, 6) is 2.60. The van der Waals surface area contributed by atoms with Crippen LogP contribution in [-0.2, 0) is 0 Å². The molecule has 0 atom stereocenters. The molecule has 0 spiro atoms. The second-order valence-corrected chi connectivity index (χ2v) is 5.76. The molecule has 1 aliphatic carbocycles. The topological polar surface area (TPSA) is 43.8 Å². The highest BCUT2D eigenvalue weighted by atomic mass is 15.2. The smallest absolute Gasteiger partial charge is 0.131 e. The summed E-state index contributed by atoms with van der Waals surface area (Å²) < 4.78 is 2.21. The zero-order chi connectivity index (χ0) is 13.6. The SMILES string of the molecule is Cc1ccccc1-c1nc(C2CC2)n(C(C)C)c1N. The number of hydrogen-bond donors (Lipinski definition) is 1. The fourth-order valence-corrected chi connectivity index (χ4v) is 2.67. The van der Waals surface area contributed by atoms with E-state index in [1.54, 1.807) is 0 Å². The predicted molar refractivity (Wildman–Crippen MR) is 79.2 cm³/mol. The lowest BCUT2D eigenvalue weighted by molar-refractivity contribution is 0.576. The molecule has 100 valence electrons. The quantitative estimate of drug-likeness (QED) is 0.904. The van der Waals surface area contributed by atoms with Crippen molar-refractivity contribution in [3.05, 3.63) is 35.7 Å². The minimum absolute atomic E-state index is 0.362. The Morgan fingerprint density at radius 2 is 1.95 bits per heavy atom. The first-order valence-corrected chi connectivity index (χ1v) is 7.03. The van der Waals surface area contributed by atoms with E-state index in [1.807, 2.05) is 6.07 Å². The number of hydrogen-bond acceptors (Lipinski definition) is 2. The van der Waals surface area contributed by atoms with Gasteiger partial charge >= 0.3 is 0 Å². The van der Waals surface area contributed by atoms with Crippen molar-refractivity contribution in [1.29, 1.82) is 0 Å². The summed E-state index contributed by atoms with van der Waals surface area (Å²) >= 11 is 0. The second kappa shape index (κ2) is 4.41. The molecule has 3 heteroatoms. The molecule has 0 radical (unpaired) electrons. The number of nitrogens with zero attached hydrogens (tertiary/aromatic N) is 2. The molecule has 2 aromatic rings. The summed E-state index contributed by atoms with van der Waals surface area (Å²) in [7, 11) is 0. The molecular formula is C16H21N3. The fraction of sp³-hybridized carbons (Fsp3) is 0.438. The van der Waals surface area contributed by atoms with Gasteiger partial charge in [-0.05, 0) is 39.2 Å². The molecule has 1 fully saturated rings. The van der Waals surface area contributed by atoms with Crippen LogP contribution in [0.15, 0.2) is 24.3 Å². The molecular weight excluding hydrogens is 234 g/mol. The van der Waals surface area contributed by atoms with Crippen LogP contribution in [-0.4, -0.2) is 9.55 Å². The van der Waals surface area contributed by atoms with Crippen molar-refractivity contribution in [1.82, 2.24) is 9.55 Å². The van der Waals surface area contributed by atoms with Gasteiger partial charge in [0.05, 0.1) is 0 Å². The highest BCUT2D eigenvalue weighted by Crippen LogP contribution is 2.43. The van der Waals surface area contributed by atoms with Gasteiger partial charge in [-0.25, -0.2) is 4.98 Å². The normalized spacial score (nSPS) is 15.2. The summed E-state index contributed by atoms with van der Waals surface area (Å²) in [6.07, 6.45) is 2.49. The summed E-state index contributed by atoms with van der Waals surface area (Å²) in [4.78, 5) is 4.86. The summed E-state index contributed by atoms with van der Waals surface area (Å²) in [5.41, 5.74) is 9.71. The van der Waals surface area contributed by atoms with Crippen LogP contribution in [0.5, 0.6) is 0 Å². The molecule has 3 nitrogen and oxygen atoms in total. The lowest BCUT2D eigenvalue weighted by atomic mass is 10.1. The van der Waals surface area contributed by atoms with Crippen LogP contribution in [0, 0.1) is 6.92 Å². The van der Waals surface area contributed by atoms with E-state index in [0.717, 1.165) is 17.1 Å². The maximum absolute atomic E-state index is 6.37. The molecule has 3 rings (SSSR count). The van der Waals surface area contributed by atoms with Gasteiger partial charge < -0.3 is 10.3 Å². The van der Waals surface area contributed by atoms with Crippen LogP contribution in [0.25, 0.3) is 11.3 Å². The first-order chi connectivity index (χ1) is 9.09. The van der Waals surface area contributed by atoms with Crippen LogP contribution in [0.1, 0.15) is 50.0 Å². The second-order valence-electron chi connectivity index (χ2n) is 5.76. The number of imidazole rings is 1.